The van der Waals surface area contributed by atoms with Gasteiger partial charge in [0.2, 0.25) is 0 Å². The van der Waals surface area contributed by atoms with E-state index >= 15 is 0 Å². The fourth-order valence-corrected chi connectivity index (χ4v) is 1.64. The Morgan fingerprint density at radius 2 is 1.04 bits per heavy atom. The van der Waals surface area contributed by atoms with Crippen LogP contribution < -0.4 is 0 Å². The van der Waals surface area contributed by atoms with Crippen LogP contribution >= 0.6 is 0 Å². The quantitative estimate of drug-likeness (QED) is 0.309. The van der Waals surface area contributed by atoms with Crippen molar-refractivity contribution in [2.24, 2.45) is 0 Å². The van der Waals surface area contributed by atoms with Crippen LogP contribution in [0.2, 0.25) is 0 Å². The monoisotopic (exact) mass is 354 g/mol. The van der Waals surface area contributed by atoms with E-state index in [9.17, 15) is 0 Å². The van der Waals surface area contributed by atoms with E-state index in [0.29, 0.717) is 66.1 Å². The molecule has 24 heavy (non-hydrogen) atoms. The standard InChI is InChI=1S/C16H34O8/c1-15(2)23-11-10-22-14-16(24-12-9-20-6-4-18)13-21-8-7-19-5-3-17/h15-18H,3-14H2,1-2H3. The van der Waals surface area contributed by atoms with Gasteiger partial charge in [0.25, 0.3) is 0 Å². The van der Waals surface area contributed by atoms with Crippen LogP contribution in [0, 0.1) is 0 Å². The first-order valence-corrected chi connectivity index (χ1v) is 8.46. The van der Waals surface area contributed by atoms with Crippen molar-refractivity contribution in [3.05, 3.63) is 0 Å². The fraction of sp³-hybridized carbons (Fsp3) is 1.00. The van der Waals surface area contributed by atoms with Gasteiger partial charge < -0.3 is 38.6 Å². The van der Waals surface area contributed by atoms with Gasteiger partial charge in [-0.3, -0.25) is 0 Å². The maximum atomic E-state index is 8.64. The van der Waals surface area contributed by atoms with E-state index in [-0.39, 0.29) is 25.4 Å². The normalized spacial score (nSPS) is 12.9. The Kier molecular flexibility index (Phi) is 18.8. The molecule has 0 rings (SSSR count). The molecule has 146 valence electrons. The van der Waals surface area contributed by atoms with Crippen LogP contribution in [0.25, 0.3) is 0 Å². The topological polar surface area (TPSA) is 95.8 Å². The van der Waals surface area contributed by atoms with Crippen molar-refractivity contribution in [3.63, 3.8) is 0 Å². The SMILES string of the molecule is CC(C)OCCOCC(COCCOCCO)OCCOCCO. The Bertz CT molecular complexity index is 240. The molecule has 0 radical (unpaired) electrons. The van der Waals surface area contributed by atoms with Gasteiger partial charge in [-0.25, -0.2) is 0 Å². The van der Waals surface area contributed by atoms with Crippen molar-refractivity contribution in [3.8, 4) is 0 Å². The highest BCUT2D eigenvalue weighted by Gasteiger charge is 2.10. The fourth-order valence-electron chi connectivity index (χ4n) is 1.64. The van der Waals surface area contributed by atoms with Crippen LogP contribution in [0.5, 0.6) is 0 Å². The van der Waals surface area contributed by atoms with Crippen molar-refractivity contribution in [2.75, 3.05) is 79.3 Å². The van der Waals surface area contributed by atoms with Crippen molar-refractivity contribution in [1.82, 2.24) is 0 Å². The summed E-state index contributed by atoms with van der Waals surface area (Å²) in [4.78, 5) is 0. The number of aliphatic hydroxyl groups is 2. The van der Waals surface area contributed by atoms with E-state index in [2.05, 4.69) is 0 Å². The molecule has 0 aliphatic carbocycles. The first kappa shape index (κ1) is 23.7. The van der Waals surface area contributed by atoms with Crippen LogP contribution in [0.4, 0.5) is 0 Å². The highest BCUT2D eigenvalue weighted by molar-refractivity contribution is 4.56. The zero-order valence-corrected chi connectivity index (χ0v) is 15.0. The van der Waals surface area contributed by atoms with Crippen molar-refractivity contribution < 1.29 is 38.6 Å². The van der Waals surface area contributed by atoms with E-state index < -0.39 is 0 Å². The summed E-state index contributed by atoms with van der Waals surface area (Å²) < 4.78 is 32.4. The molecule has 1 atom stereocenters. The molecular weight excluding hydrogens is 320 g/mol. The van der Waals surface area contributed by atoms with Crippen molar-refractivity contribution in [1.29, 1.82) is 0 Å². The average molecular weight is 354 g/mol. The zero-order valence-electron chi connectivity index (χ0n) is 15.0. The summed E-state index contributed by atoms with van der Waals surface area (Å²) in [5.74, 6) is 0. The summed E-state index contributed by atoms with van der Waals surface area (Å²) >= 11 is 0. The third-order valence-corrected chi connectivity index (χ3v) is 2.71. The third-order valence-electron chi connectivity index (χ3n) is 2.71. The smallest absolute Gasteiger partial charge is 0.104 e. The van der Waals surface area contributed by atoms with E-state index in [4.69, 9.17) is 38.6 Å². The number of rotatable bonds is 19. The molecule has 0 aliphatic rings. The van der Waals surface area contributed by atoms with Crippen LogP contribution in [0.3, 0.4) is 0 Å². The number of hydrogen-bond donors (Lipinski definition) is 2. The summed E-state index contributed by atoms with van der Waals surface area (Å²) in [5.41, 5.74) is 0. The van der Waals surface area contributed by atoms with Gasteiger partial charge >= 0.3 is 0 Å². The molecule has 0 saturated heterocycles. The van der Waals surface area contributed by atoms with Gasteiger partial charge in [0.05, 0.1) is 85.4 Å². The van der Waals surface area contributed by atoms with Crippen molar-refractivity contribution in [2.45, 2.75) is 26.1 Å². The molecular formula is C16H34O8. The van der Waals surface area contributed by atoms with Crippen molar-refractivity contribution >= 4 is 0 Å². The van der Waals surface area contributed by atoms with Gasteiger partial charge in [-0.05, 0) is 13.8 Å². The minimum Gasteiger partial charge on any atom is -0.394 e. The minimum absolute atomic E-state index is 0.000653. The number of hydrogen-bond acceptors (Lipinski definition) is 8. The lowest BCUT2D eigenvalue weighted by Gasteiger charge is -2.18. The van der Waals surface area contributed by atoms with E-state index in [1.165, 1.54) is 0 Å². The molecule has 0 bridgehead atoms. The van der Waals surface area contributed by atoms with Gasteiger partial charge in [-0.2, -0.15) is 0 Å². The molecule has 0 aromatic carbocycles. The summed E-state index contributed by atoms with van der Waals surface area (Å²) in [7, 11) is 0. The minimum atomic E-state index is -0.209. The van der Waals surface area contributed by atoms with Crippen LogP contribution in [0.15, 0.2) is 0 Å². The molecule has 0 fully saturated rings. The zero-order chi connectivity index (χ0) is 17.9. The Morgan fingerprint density at radius 3 is 1.58 bits per heavy atom. The molecule has 0 saturated carbocycles. The Labute approximate surface area is 144 Å². The molecule has 8 heteroatoms. The van der Waals surface area contributed by atoms with Gasteiger partial charge in [-0.1, -0.05) is 0 Å². The molecule has 0 amide bonds. The lowest BCUT2D eigenvalue weighted by Crippen LogP contribution is -2.29. The highest BCUT2D eigenvalue weighted by Crippen LogP contribution is 1.97. The Hall–Kier alpha value is -0.320. The van der Waals surface area contributed by atoms with Crippen LogP contribution in [-0.2, 0) is 28.4 Å². The predicted molar refractivity (Wildman–Crippen MR) is 88.3 cm³/mol. The first-order chi connectivity index (χ1) is 11.7. The molecule has 0 heterocycles. The Morgan fingerprint density at radius 1 is 0.583 bits per heavy atom. The summed E-state index contributed by atoms with van der Waals surface area (Å²) in [6, 6.07) is 0. The first-order valence-electron chi connectivity index (χ1n) is 8.46. The summed E-state index contributed by atoms with van der Waals surface area (Å²) in [5, 5.41) is 17.2. The van der Waals surface area contributed by atoms with Crippen LogP contribution in [-0.4, -0.2) is 102 Å². The molecule has 0 aliphatic heterocycles. The summed E-state index contributed by atoms with van der Waals surface area (Å²) in [6.45, 7) is 8.06. The van der Waals surface area contributed by atoms with Gasteiger partial charge in [0.1, 0.15) is 6.10 Å². The second-order valence-electron chi connectivity index (χ2n) is 5.23. The largest absolute Gasteiger partial charge is 0.394 e. The Balaban J connectivity index is 3.78. The maximum absolute atomic E-state index is 8.64. The molecule has 8 nitrogen and oxygen atoms in total. The maximum Gasteiger partial charge on any atom is 0.104 e. The van der Waals surface area contributed by atoms with E-state index in [0.717, 1.165) is 0 Å². The molecule has 0 spiro atoms. The molecule has 1 unspecified atom stereocenters. The van der Waals surface area contributed by atoms with E-state index in [1.807, 2.05) is 13.8 Å². The molecule has 2 N–H and O–H groups in total. The van der Waals surface area contributed by atoms with Gasteiger partial charge in [0.15, 0.2) is 0 Å². The third kappa shape index (κ3) is 18.0. The summed E-state index contributed by atoms with van der Waals surface area (Å²) in [6.07, 6.45) is -0.0220. The van der Waals surface area contributed by atoms with Crippen LogP contribution in [0.1, 0.15) is 13.8 Å². The molecule has 0 aromatic rings. The van der Waals surface area contributed by atoms with Gasteiger partial charge in [0, 0.05) is 0 Å². The van der Waals surface area contributed by atoms with E-state index in [1.54, 1.807) is 0 Å². The lowest BCUT2D eigenvalue weighted by atomic mass is 10.4. The lowest BCUT2D eigenvalue weighted by molar-refractivity contribution is -0.0863. The second-order valence-corrected chi connectivity index (χ2v) is 5.23. The highest BCUT2D eigenvalue weighted by atomic mass is 16.6. The van der Waals surface area contributed by atoms with Gasteiger partial charge in [-0.15, -0.1) is 0 Å². The average Bonchev–Trinajstić information content (AvgIpc) is 2.56. The number of ether oxygens (including phenoxy) is 6. The molecule has 0 aromatic heterocycles. The predicted octanol–water partition coefficient (Wildman–Crippen LogP) is -0.152. The second kappa shape index (κ2) is 19.0. The number of aliphatic hydroxyl groups excluding tert-OH is 2.